The van der Waals surface area contributed by atoms with E-state index in [0.29, 0.717) is 17.9 Å². The van der Waals surface area contributed by atoms with Crippen LogP contribution in [0.25, 0.3) is 11.1 Å². The van der Waals surface area contributed by atoms with Gasteiger partial charge in [0.25, 0.3) is 0 Å². The van der Waals surface area contributed by atoms with E-state index in [1.54, 1.807) is 0 Å². The number of carbonyl (C=O) groups excluding carboxylic acids is 2. The fraction of sp³-hybridized carbons (Fsp3) is 0.257. The quantitative estimate of drug-likeness (QED) is 0.173. The molecule has 9 heteroatoms. The minimum absolute atomic E-state index is 0. The molecule has 1 aliphatic carbocycles. The maximum absolute atomic E-state index is 10.2. The molecule has 8 nitrogen and oxygen atoms in total. The van der Waals surface area contributed by atoms with E-state index in [0.717, 1.165) is 11.1 Å². The first kappa shape index (κ1) is 34.9. The van der Waals surface area contributed by atoms with Gasteiger partial charge in [0.15, 0.2) is 0 Å². The molecule has 0 aromatic heterocycles. The Labute approximate surface area is 282 Å². The average Bonchev–Trinajstić information content (AvgIpc) is 3.37. The summed E-state index contributed by atoms with van der Waals surface area (Å²) in [7, 11) is 1.26. The van der Waals surface area contributed by atoms with Gasteiger partial charge >= 0.3 is 0 Å². The molecule has 227 valence electrons. The van der Waals surface area contributed by atoms with E-state index in [1.807, 2.05) is 31.2 Å². The van der Waals surface area contributed by atoms with Crippen LogP contribution in [0, 0.1) is 0 Å². The van der Waals surface area contributed by atoms with Crippen molar-refractivity contribution in [2.45, 2.75) is 31.0 Å². The molecule has 0 bridgehead atoms. The molecular weight excluding hydrogens is 637 g/mol. The number of hydrogen-bond acceptors (Lipinski definition) is 8. The average molecular weight is 672 g/mol. The number of aliphatic hydroxyl groups is 2. The van der Waals surface area contributed by atoms with Crippen molar-refractivity contribution in [1.82, 2.24) is 0 Å². The second-order valence-corrected chi connectivity index (χ2v) is 9.91. The number of hydrogen-bond donors (Lipinski definition) is 2. The number of benzene rings is 4. The zero-order chi connectivity index (χ0) is 30.7. The first-order valence-electron chi connectivity index (χ1n) is 13.9. The molecule has 0 aliphatic heterocycles. The summed E-state index contributed by atoms with van der Waals surface area (Å²) in [6.07, 6.45) is -0.800. The van der Waals surface area contributed by atoms with Gasteiger partial charge in [0.1, 0.15) is 30.8 Å². The maximum Gasteiger partial charge on any atom is 0.119 e. The van der Waals surface area contributed by atoms with E-state index in [-0.39, 0.29) is 52.5 Å². The zero-order valence-corrected chi connectivity index (χ0v) is 27.5. The van der Waals surface area contributed by atoms with Gasteiger partial charge in [-0.2, -0.15) is 0 Å². The van der Waals surface area contributed by atoms with E-state index >= 15 is 0 Å². The molecule has 4 aromatic carbocycles. The Morgan fingerprint density at radius 2 is 1.09 bits per heavy atom. The van der Waals surface area contributed by atoms with Gasteiger partial charge in [-0.05, 0) is 64.1 Å². The second kappa shape index (κ2) is 17.1. The second-order valence-electron chi connectivity index (χ2n) is 9.91. The van der Waals surface area contributed by atoms with Gasteiger partial charge in [-0.1, -0.05) is 92.7 Å². The Balaban J connectivity index is 0.000000998. The van der Waals surface area contributed by atoms with Crippen LogP contribution in [-0.2, 0) is 57.2 Å². The van der Waals surface area contributed by atoms with E-state index < -0.39 is 17.6 Å². The Bertz CT molecular complexity index is 1430. The first-order chi connectivity index (χ1) is 21.0. The fourth-order valence-electron chi connectivity index (χ4n) is 5.31. The zero-order valence-electron chi connectivity index (χ0n) is 24.6. The number of rotatable bonds is 13. The molecule has 0 fully saturated rings. The van der Waals surface area contributed by atoms with Gasteiger partial charge in [-0.25, -0.2) is 0 Å². The third-order valence-corrected chi connectivity index (χ3v) is 7.30. The Morgan fingerprint density at radius 3 is 1.50 bits per heavy atom. The molecule has 4 aromatic rings. The van der Waals surface area contributed by atoms with Gasteiger partial charge in [0, 0.05) is 39.8 Å². The van der Waals surface area contributed by atoms with Gasteiger partial charge < -0.3 is 38.7 Å². The Kier molecular flexibility index (Phi) is 13.5. The third-order valence-electron chi connectivity index (χ3n) is 7.30. The summed E-state index contributed by atoms with van der Waals surface area (Å²) in [6, 6.07) is 33.0. The number of methoxy groups -OCH3 is 1. The van der Waals surface area contributed by atoms with Crippen LogP contribution in [0.4, 0.5) is 0 Å². The molecule has 0 saturated carbocycles. The molecule has 1 aliphatic rings. The van der Waals surface area contributed by atoms with Crippen LogP contribution in [0.2, 0.25) is 0 Å². The van der Waals surface area contributed by atoms with E-state index in [9.17, 15) is 15.0 Å². The van der Waals surface area contributed by atoms with Gasteiger partial charge in [0.2, 0.25) is 0 Å². The van der Waals surface area contributed by atoms with Crippen molar-refractivity contribution in [1.29, 1.82) is 0 Å². The monoisotopic (exact) mass is 671 g/mol. The smallest absolute Gasteiger partial charge is 0.119 e. The summed E-state index contributed by atoms with van der Waals surface area (Å²) >= 11 is 0. The van der Waals surface area contributed by atoms with E-state index in [1.165, 1.54) is 42.3 Å². The standard InChI is InChI=1S/C33H31O6.C2H3O2.Y/c1-2-25(35)20-38-27-15-11-23(12-16-27)33(24-13-17-28(18-14-24)39-21-26(36)19-37-22-34)31-9-5-3-7-29(31)30-8-4-6-10-32(30)33;1-4-2-3;/h3-18,25-26,35-36H,2,19-21H2,1H3;1H3;/q2*-1;. The van der Waals surface area contributed by atoms with Crippen molar-refractivity contribution < 1.29 is 71.5 Å². The van der Waals surface area contributed by atoms with Gasteiger partial charge in [0.05, 0.1) is 18.1 Å². The van der Waals surface area contributed by atoms with Crippen molar-refractivity contribution in [3.63, 3.8) is 0 Å². The Morgan fingerprint density at radius 1 is 0.659 bits per heavy atom. The third kappa shape index (κ3) is 7.74. The molecule has 0 spiro atoms. The topological polar surface area (TPSA) is 112 Å². The fourth-order valence-corrected chi connectivity index (χ4v) is 5.31. The minimum Gasteiger partial charge on any atom is -0.655 e. The predicted octanol–water partition coefficient (Wildman–Crippen LogP) is 4.72. The van der Waals surface area contributed by atoms with Crippen LogP contribution < -0.4 is 9.47 Å². The summed E-state index contributed by atoms with van der Waals surface area (Å²) in [5, 5.41) is 19.8. The van der Waals surface area contributed by atoms with Crippen molar-refractivity contribution in [3.8, 4) is 22.6 Å². The molecule has 0 saturated heterocycles. The summed E-state index contributed by atoms with van der Waals surface area (Å²) in [6.45, 7) is 4.48. The van der Waals surface area contributed by atoms with Gasteiger partial charge in [-0.15, -0.1) is 0 Å². The first-order valence-corrected chi connectivity index (χ1v) is 13.9. The predicted molar refractivity (Wildman–Crippen MR) is 161 cm³/mol. The molecule has 2 unspecified atom stereocenters. The largest absolute Gasteiger partial charge is 0.655 e. The van der Waals surface area contributed by atoms with E-state index in [4.69, 9.17) is 14.3 Å². The number of ether oxygens (including phenoxy) is 4. The van der Waals surface area contributed by atoms with Crippen molar-refractivity contribution in [2.75, 3.05) is 26.9 Å². The SMILES string of the molecule is CCC(O)COc1ccc(C2(c3ccc(OCC(O)CO[C-]=O)cc3)c3ccccc3-c3ccccc32)cc1.CO[C-]=O.[Y]. The van der Waals surface area contributed by atoms with E-state index in [2.05, 4.69) is 82.3 Å². The summed E-state index contributed by atoms with van der Waals surface area (Å²) in [4.78, 5) is 19.1. The van der Waals surface area contributed by atoms with Crippen LogP contribution in [-0.4, -0.2) is 62.3 Å². The van der Waals surface area contributed by atoms with Crippen LogP contribution in [0.3, 0.4) is 0 Å². The molecule has 1 radical (unpaired) electrons. The van der Waals surface area contributed by atoms with Crippen molar-refractivity contribution >= 4 is 12.9 Å². The van der Waals surface area contributed by atoms with Crippen LogP contribution in [0.5, 0.6) is 11.5 Å². The molecule has 0 amide bonds. The van der Waals surface area contributed by atoms with Crippen molar-refractivity contribution in [3.05, 3.63) is 119 Å². The summed E-state index contributed by atoms with van der Waals surface area (Å²) in [5.74, 6) is 1.31. The maximum atomic E-state index is 10.2. The molecule has 0 heterocycles. The summed E-state index contributed by atoms with van der Waals surface area (Å²) < 4.78 is 19.8. The molecule has 5 rings (SSSR count). The number of aliphatic hydroxyl groups excluding tert-OH is 2. The molecular formula is C35H34O8Y-2. The molecule has 44 heavy (non-hydrogen) atoms. The van der Waals surface area contributed by atoms with Gasteiger partial charge in [-0.3, -0.25) is 0 Å². The normalized spacial score (nSPS) is 13.4. The molecule has 2 atom stereocenters. The van der Waals surface area contributed by atoms with Crippen LogP contribution in [0.1, 0.15) is 35.6 Å². The van der Waals surface area contributed by atoms with Crippen LogP contribution >= 0.6 is 0 Å². The van der Waals surface area contributed by atoms with Crippen molar-refractivity contribution in [2.24, 2.45) is 0 Å². The number of fused-ring (bicyclic) bond motifs is 3. The minimum atomic E-state index is -0.940. The summed E-state index contributed by atoms with van der Waals surface area (Å²) in [5.41, 5.74) is 6.35. The Hall–Kier alpha value is -3.56. The molecule has 2 N–H and O–H groups in total. The van der Waals surface area contributed by atoms with Crippen LogP contribution in [0.15, 0.2) is 97.1 Å².